The molecule has 6 nitrogen and oxygen atoms in total. The summed E-state index contributed by atoms with van der Waals surface area (Å²) in [5.74, 6) is 2.16. The van der Waals surface area contributed by atoms with E-state index in [4.69, 9.17) is 0 Å². The summed E-state index contributed by atoms with van der Waals surface area (Å²) in [7, 11) is 0. The monoisotopic (exact) mass is 325 g/mol. The first-order chi connectivity index (χ1) is 11.7. The van der Waals surface area contributed by atoms with E-state index in [9.17, 15) is 4.79 Å². The lowest BCUT2D eigenvalue weighted by Gasteiger charge is -2.32. The van der Waals surface area contributed by atoms with Crippen LogP contribution in [-0.4, -0.2) is 38.8 Å². The third kappa shape index (κ3) is 4.28. The lowest BCUT2D eigenvalue weighted by molar-refractivity contribution is -0.132. The van der Waals surface area contributed by atoms with Crippen LogP contribution in [0, 0.1) is 5.92 Å². The standard InChI is InChI=1S/C18H23N5O/c1-2-18(24)23-9-5-6-14(13-23)10-15-11-21-17(12-20-15)22-16-7-3-4-8-19-16/h3-4,7-8,11-12,14H,2,5-6,9-10,13H2,1H3,(H,19,21,22)/t14-/m0/s1. The molecule has 0 spiro atoms. The van der Waals surface area contributed by atoms with E-state index in [-0.39, 0.29) is 5.91 Å². The van der Waals surface area contributed by atoms with Crippen molar-refractivity contribution in [2.24, 2.45) is 5.92 Å². The minimum Gasteiger partial charge on any atom is -0.342 e. The Morgan fingerprint density at radius 2 is 2.17 bits per heavy atom. The van der Waals surface area contributed by atoms with Crippen LogP contribution in [0.25, 0.3) is 0 Å². The molecule has 0 unspecified atom stereocenters. The number of piperidine rings is 1. The molecular formula is C18H23N5O. The molecule has 0 bridgehead atoms. The molecule has 1 saturated heterocycles. The summed E-state index contributed by atoms with van der Waals surface area (Å²) in [6.07, 6.45) is 8.95. The van der Waals surface area contributed by atoms with Crippen LogP contribution in [0.1, 0.15) is 31.9 Å². The molecular weight excluding hydrogens is 302 g/mol. The first-order valence-corrected chi connectivity index (χ1v) is 8.51. The predicted octanol–water partition coefficient (Wildman–Crippen LogP) is 2.81. The van der Waals surface area contributed by atoms with Gasteiger partial charge in [0, 0.05) is 25.7 Å². The van der Waals surface area contributed by atoms with Gasteiger partial charge >= 0.3 is 0 Å². The molecule has 1 fully saturated rings. The van der Waals surface area contributed by atoms with Crippen LogP contribution in [0.3, 0.4) is 0 Å². The molecule has 2 aromatic rings. The van der Waals surface area contributed by atoms with Crippen LogP contribution in [0.4, 0.5) is 11.6 Å². The topological polar surface area (TPSA) is 71.0 Å². The van der Waals surface area contributed by atoms with Gasteiger partial charge in [-0.1, -0.05) is 13.0 Å². The second-order valence-corrected chi connectivity index (χ2v) is 6.14. The van der Waals surface area contributed by atoms with Crippen LogP contribution >= 0.6 is 0 Å². The Morgan fingerprint density at radius 3 is 2.88 bits per heavy atom. The third-order valence-electron chi connectivity index (χ3n) is 4.30. The summed E-state index contributed by atoms with van der Waals surface area (Å²) in [6, 6.07) is 5.68. The Kier molecular flexibility index (Phi) is 5.36. The lowest BCUT2D eigenvalue weighted by Crippen LogP contribution is -2.40. The van der Waals surface area contributed by atoms with Gasteiger partial charge in [0.05, 0.1) is 18.1 Å². The number of nitrogens with one attached hydrogen (secondary N) is 1. The van der Waals surface area contributed by atoms with E-state index in [1.54, 1.807) is 12.4 Å². The highest BCUT2D eigenvalue weighted by atomic mass is 16.2. The van der Waals surface area contributed by atoms with Gasteiger partial charge < -0.3 is 10.2 Å². The Bertz CT molecular complexity index is 659. The van der Waals surface area contributed by atoms with E-state index < -0.39 is 0 Å². The fourth-order valence-electron chi connectivity index (χ4n) is 3.07. The van der Waals surface area contributed by atoms with Gasteiger partial charge in [-0.2, -0.15) is 0 Å². The van der Waals surface area contributed by atoms with E-state index in [1.165, 1.54) is 0 Å². The number of hydrogen-bond donors (Lipinski definition) is 1. The lowest BCUT2D eigenvalue weighted by atomic mass is 9.93. The van der Waals surface area contributed by atoms with Crippen molar-refractivity contribution in [1.82, 2.24) is 19.9 Å². The molecule has 24 heavy (non-hydrogen) atoms. The van der Waals surface area contributed by atoms with Crippen LogP contribution in [0.15, 0.2) is 36.8 Å². The summed E-state index contributed by atoms with van der Waals surface area (Å²) >= 11 is 0. The predicted molar refractivity (Wildman–Crippen MR) is 92.9 cm³/mol. The molecule has 3 rings (SSSR count). The maximum Gasteiger partial charge on any atom is 0.222 e. The molecule has 1 atom stereocenters. The molecule has 126 valence electrons. The Hall–Kier alpha value is -2.50. The second-order valence-electron chi connectivity index (χ2n) is 6.14. The Balaban J connectivity index is 1.57. The molecule has 1 amide bonds. The Labute approximate surface area is 142 Å². The number of carbonyl (C=O) groups excluding carboxylic acids is 1. The minimum atomic E-state index is 0.251. The van der Waals surface area contributed by atoms with Crippen molar-refractivity contribution in [1.29, 1.82) is 0 Å². The maximum atomic E-state index is 11.9. The minimum absolute atomic E-state index is 0.251. The van der Waals surface area contributed by atoms with E-state index >= 15 is 0 Å². The number of likely N-dealkylation sites (tertiary alicyclic amines) is 1. The van der Waals surface area contributed by atoms with Gasteiger partial charge in [0.2, 0.25) is 5.91 Å². The molecule has 1 aliphatic rings. The quantitative estimate of drug-likeness (QED) is 0.915. The van der Waals surface area contributed by atoms with Gasteiger partial charge in [0.15, 0.2) is 0 Å². The third-order valence-corrected chi connectivity index (χ3v) is 4.30. The number of aromatic nitrogens is 3. The summed E-state index contributed by atoms with van der Waals surface area (Å²) < 4.78 is 0. The van der Waals surface area contributed by atoms with Gasteiger partial charge in [-0.15, -0.1) is 0 Å². The zero-order chi connectivity index (χ0) is 16.8. The van der Waals surface area contributed by atoms with Crippen molar-refractivity contribution in [3.8, 4) is 0 Å². The van der Waals surface area contributed by atoms with E-state index in [0.29, 0.717) is 18.2 Å². The highest BCUT2D eigenvalue weighted by Gasteiger charge is 2.23. The zero-order valence-corrected chi connectivity index (χ0v) is 14.0. The van der Waals surface area contributed by atoms with Crippen molar-refractivity contribution in [3.05, 3.63) is 42.5 Å². The van der Waals surface area contributed by atoms with E-state index in [1.807, 2.05) is 36.2 Å². The van der Waals surface area contributed by atoms with Gasteiger partial charge in [0.1, 0.15) is 11.6 Å². The number of carbonyl (C=O) groups is 1. The van der Waals surface area contributed by atoms with Crippen LogP contribution in [0.2, 0.25) is 0 Å². The molecule has 0 aromatic carbocycles. The van der Waals surface area contributed by atoms with Gasteiger partial charge in [-0.3, -0.25) is 9.78 Å². The highest BCUT2D eigenvalue weighted by Crippen LogP contribution is 2.21. The molecule has 1 N–H and O–H groups in total. The van der Waals surface area contributed by atoms with E-state index in [2.05, 4.69) is 20.3 Å². The molecule has 3 heterocycles. The molecule has 0 saturated carbocycles. The van der Waals surface area contributed by atoms with Crippen LogP contribution < -0.4 is 5.32 Å². The number of rotatable bonds is 5. The first-order valence-electron chi connectivity index (χ1n) is 8.51. The maximum absolute atomic E-state index is 11.9. The largest absolute Gasteiger partial charge is 0.342 e. The van der Waals surface area contributed by atoms with Gasteiger partial charge in [0.25, 0.3) is 0 Å². The number of hydrogen-bond acceptors (Lipinski definition) is 5. The van der Waals surface area contributed by atoms with Gasteiger partial charge in [-0.25, -0.2) is 9.97 Å². The first kappa shape index (κ1) is 16.4. The van der Waals surface area contributed by atoms with Crippen molar-refractivity contribution in [2.75, 3.05) is 18.4 Å². The highest BCUT2D eigenvalue weighted by molar-refractivity contribution is 5.75. The zero-order valence-electron chi connectivity index (χ0n) is 14.0. The van der Waals surface area contributed by atoms with Crippen molar-refractivity contribution in [3.63, 3.8) is 0 Å². The summed E-state index contributed by atoms with van der Waals surface area (Å²) in [4.78, 5) is 27.0. The van der Waals surface area contributed by atoms with Crippen LogP contribution in [0.5, 0.6) is 0 Å². The molecule has 0 radical (unpaired) electrons. The van der Waals surface area contributed by atoms with Crippen molar-refractivity contribution < 1.29 is 4.79 Å². The number of pyridine rings is 1. The summed E-state index contributed by atoms with van der Waals surface area (Å²) in [6.45, 7) is 3.65. The van der Waals surface area contributed by atoms with Gasteiger partial charge in [-0.05, 0) is 37.3 Å². The fraction of sp³-hybridized carbons (Fsp3) is 0.444. The fourth-order valence-corrected chi connectivity index (χ4v) is 3.07. The SMILES string of the molecule is CCC(=O)N1CCC[C@@H](Cc2cnc(Nc3ccccn3)cn2)C1. The number of amides is 1. The number of nitrogens with zero attached hydrogens (tertiary/aromatic N) is 4. The molecule has 1 aliphatic heterocycles. The molecule has 6 heteroatoms. The second kappa shape index (κ2) is 7.86. The average molecular weight is 325 g/mol. The average Bonchev–Trinajstić information content (AvgIpc) is 2.64. The molecule has 2 aromatic heterocycles. The number of anilines is 2. The van der Waals surface area contributed by atoms with Crippen LogP contribution in [-0.2, 0) is 11.2 Å². The Morgan fingerprint density at radius 1 is 1.25 bits per heavy atom. The van der Waals surface area contributed by atoms with Crippen molar-refractivity contribution >= 4 is 17.5 Å². The summed E-state index contributed by atoms with van der Waals surface area (Å²) in [5.41, 5.74) is 0.970. The summed E-state index contributed by atoms with van der Waals surface area (Å²) in [5, 5.41) is 3.13. The molecule has 0 aliphatic carbocycles. The normalized spacial score (nSPS) is 17.5. The smallest absolute Gasteiger partial charge is 0.222 e. The van der Waals surface area contributed by atoms with E-state index in [0.717, 1.165) is 43.9 Å². The van der Waals surface area contributed by atoms with Crippen molar-refractivity contribution in [2.45, 2.75) is 32.6 Å².